The molecule has 158 valence electrons. The number of benzene rings is 1. The Hall–Kier alpha value is -3.18. The predicted molar refractivity (Wildman–Crippen MR) is 110 cm³/mol. The number of carbonyl (C=O) groups excluding carboxylic acids is 2. The third kappa shape index (κ3) is 4.86. The van der Waals surface area contributed by atoms with Gasteiger partial charge in [-0.25, -0.2) is 4.98 Å². The fraction of sp³-hybridized carbons (Fsp3) is 0.455. The van der Waals surface area contributed by atoms with Crippen LogP contribution in [0.1, 0.15) is 30.2 Å². The minimum atomic E-state index is -0.724. The van der Waals surface area contributed by atoms with Crippen molar-refractivity contribution in [1.82, 2.24) is 20.2 Å². The molecule has 0 aliphatic carbocycles. The number of ether oxygens (including phenoxy) is 1. The van der Waals surface area contributed by atoms with Gasteiger partial charge in [-0.1, -0.05) is 12.1 Å². The number of nitriles is 1. The van der Waals surface area contributed by atoms with Crippen LogP contribution in [0.25, 0.3) is 0 Å². The number of amides is 1. The van der Waals surface area contributed by atoms with Crippen LogP contribution in [0, 0.1) is 23.2 Å². The summed E-state index contributed by atoms with van der Waals surface area (Å²) in [4.78, 5) is 34.5. The van der Waals surface area contributed by atoms with E-state index in [2.05, 4.69) is 21.4 Å². The van der Waals surface area contributed by atoms with E-state index in [1.54, 1.807) is 24.7 Å². The third-order valence-electron chi connectivity index (χ3n) is 5.67. The maximum atomic E-state index is 13.2. The van der Waals surface area contributed by atoms with E-state index in [4.69, 9.17) is 10.00 Å². The highest BCUT2D eigenvalue weighted by molar-refractivity contribution is 5.81. The molecular formula is C22H27N5O3. The molecule has 3 atom stereocenters. The largest absolute Gasteiger partial charge is 0.469 e. The topological polar surface area (TPSA) is 111 Å². The molecular weight excluding hydrogens is 382 g/mol. The van der Waals surface area contributed by atoms with Gasteiger partial charge in [-0.15, -0.1) is 0 Å². The number of aromatic amines is 1. The number of nitrogens with zero attached hydrogens (tertiary/aromatic N) is 3. The summed E-state index contributed by atoms with van der Waals surface area (Å²) in [5, 5.41) is 12.2. The van der Waals surface area contributed by atoms with E-state index in [1.807, 2.05) is 31.0 Å². The first-order chi connectivity index (χ1) is 14.3. The maximum Gasteiger partial charge on any atom is 0.309 e. The van der Waals surface area contributed by atoms with Crippen molar-refractivity contribution in [2.45, 2.75) is 25.3 Å². The normalized spacial score (nSPS) is 21.3. The fourth-order valence-electron chi connectivity index (χ4n) is 4.09. The van der Waals surface area contributed by atoms with Gasteiger partial charge in [0.2, 0.25) is 5.91 Å². The van der Waals surface area contributed by atoms with Crippen LogP contribution < -0.4 is 5.32 Å². The van der Waals surface area contributed by atoms with Crippen molar-refractivity contribution in [3.05, 3.63) is 53.6 Å². The van der Waals surface area contributed by atoms with Crippen LogP contribution in [0.5, 0.6) is 0 Å². The maximum absolute atomic E-state index is 13.2. The first-order valence-electron chi connectivity index (χ1n) is 9.91. The van der Waals surface area contributed by atoms with Crippen LogP contribution in [0.2, 0.25) is 0 Å². The molecule has 1 saturated heterocycles. The van der Waals surface area contributed by atoms with E-state index < -0.39 is 5.54 Å². The molecule has 1 aliphatic heterocycles. The SMILES string of the molecule is COC(=O)[C@@H]1C[C@H](C(=O)NC(C)(Cc2ccc(C#N)cc2)c2cnc[nH]2)CN(C)C1. The minimum absolute atomic E-state index is 0.110. The highest BCUT2D eigenvalue weighted by Crippen LogP contribution is 2.27. The van der Waals surface area contributed by atoms with Crippen LogP contribution >= 0.6 is 0 Å². The molecule has 1 aromatic carbocycles. The number of likely N-dealkylation sites (tertiary alicyclic amines) is 1. The van der Waals surface area contributed by atoms with Crippen LogP contribution in [-0.2, 0) is 26.3 Å². The summed E-state index contributed by atoms with van der Waals surface area (Å²) in [6.45, 7) is 3.11. The number of imidazole rings is 1. The number of H-pyrrole nitrogens is 1. The van der Waals surface area contributed by atoms with Crippen LogP contribution in [-0.4, -0.2) is 54.0 Å². The number of nitrogens with one attached hydrogen (secondary N) is 2. The number of methoxy groups -OCH3 is 1. The molecule has 1 amide bonds. The molecule has 30 heavy (non-hydrogen) atoms. The van der Waals surface area contributed by atoms with E-state index >= 15 is 0 Å². The summed E-state index contributed by atoms with van der Waals surface area (Å²) in [5.74, 6) is -1.04. The Morgan fingerprint density at radius 2 is 2.03 bits per heavy atom. The van der Waals surface area contributed by atoms with Gasteiger partial charge in [0, 0.05) is 19.5 Å². The van der Waals surface area contributed by atoms with E-state index in [0.717, 1.165) is 11.3 Å². The van der Waals surface area contributed by atoms with Gasteiger partial charge in [-0.3, -0.25) is 9.59 Å². The second-order valence-electron chi connectivity index (χ2n) is 8.15. The van der Waals surface area contributed by atoms with Crippen molar-refractivity contribution in [2.24, 2.45) is 11.8 Å². The minimum Gasteiger partial charge on any atom is -0.469 e. The molecule has 0 bridgehead atoms. The zero-order chi connectivity index (χ0) is 21.7. The average Bonchev–Trinajstić information content (AvgIpc) is 3.29. The number of esters is 1. The van der Waals surface area contributed by atoms with Crippen molar-refractivity contribution >= 4 is 11.9 Å². The Kier molecular flexibility index (Phi) is 6.53. The molecule has 0 spiro atoms. The van der Waals surface area contributed by atoms with Gasteiger partial charge < -0.3 is 19.9 Å². The van der Waals surface area contributed by atoms with Gasteiger partial charge >= 0.3 is 5.97 Å². The van der Waals surface area contributed by atoms with Gasteiger partial charge in [0.1, 0.15) is 0 Å². The molecule has 8 heteroatoms. The zero-order valence-corrected chi connectivity index (χ0v) is 17.5. The second kappa shape index (κ2) is 9.09. The Balaban J connectivity index is 1.80. The number of piperidine rings is 1. The van der Waals surface area contributed by atoms with Gasteiger partial charge in [0.05, 0.1) is 54.3 Å². The van der Waals surface area contributed by atoms with Crippen LogP contribution in [0.3, 0.4) is 0 Å². The molecule has 0 radical (unpaired) electrons. The molecule has 1 unspecified atom stereocenters. The summed E-state index contributed by atoms with van der Waals surface area (Å²) in [6.07, 6.45) is 4.27. The van der Waals surface area contributed by atoms with Gasteiger partial charge in [0.15, 0.2) is 0 Å². The lowest BCUT2D eigenvalue weighted by Crippen LogP contribution is -2.52. The first-order valence-corrected chi connectivity index (χ1v) is 9.91. The van der Waals surface area contributed by atoms with Gasteiger partial charge in [-0.2, -0.15) is 5.26 Å². The van der Waals surface area contributed by atoms with Gasteiger partial charge in [0.25, 0.3) is 0 Å². The molecule has 1 aliphatic rings. The number of aromatic nitrogens is 2. The number of carbonyl (C=O) groups is 2. The molecule has 2 heterocycles. The van der Waals surface area contributed by atoms with Crippen molar-refractivity contribution in [1.29, 1.82) is 5.26 Å². The van der Waals surface area contributed by atoms with Crippen molar-refractivity contribution < 1.29 is 14.3 Å². The smallest absolute Gasteiger partial charge is 0.309 e. The summed E-state index contributed by atoms with van der Waals surface area (Å²) >= 11 is 0. The lowest BCUT2D eigenvalue weighted by atomic mass is 9.85. The van der Waals surface area contributed by atoms with E-state index in [-0.39, 0.29) is 23.7 Å². The van der Waals surface area contributed by atoms with Crippen molar-refractivity contribution in [2.75, 3.05) is 27.2 Å². The van der Waals surface area contributed by atoms with Crippen molar-refractivity contribution in [3.63, 3.8) is 0 Å². The summed E-state index contributed by atoms with van der Waals surface area (Å²) in [7, 11) is 3.28. The third-order valence-corrected chi connectivity index (χ3v) is 5.67. The molecule has 8 nitrogen and oxygen atoms in total. The summed E-state index contributed by atoms with van der Waals surface area (Å²) in [6, 6.07) is 9.42. The summed E-state index contributed by atoms with van der Waals surface area (Å²) < 4.78 is 4.89. The Bertz CT molecular complexity index is 919. The highest BCUT2D eigenvalue weighted by Gasteiger charge is 2.38. The van der Waals surface area contributed by atoms with Crippen LogP contribution in [0.15, 0.2) is 36.8 Å². The average molecular weight is 409 g/mol. The van der Waals surface area contributed by atoms with Gasteiger partial charge in [-0.05, 0) is 38.1 Å². The molecule has 0 saturated carbocycles. The van der Waals surface area contributed by atoms with E-state index in [0.29, 0.717) is 31.5 Å². The monoisotopic (exact) mass is 409 g/mol. The molecule has 1 aromatic heterocycles. The lowest BCUT2D eigenvalue weighted by molar-refractivity contribution is -0.148. The molecule has 3 rings (SSSR count). The Morgan fingerprint density at radius 1 is 1.33 bits per heavy atom. The van der Waals surface area contributed by atoms with Crippen molar-refractivity contribution in [3.8, 4) is 6.07 Å². The first kappa shape index (κ1) is 21.5. The second-order valence-corrected chi connectivity index (χ2v) is 8.15. The molecule has 1 fully saturated rings. The molecule has 2 N–H and O–H groups in total. The van der Waals surface area contributed by atoms with E-state index in [9.17, 15) is 9.59 Å². The fourth-order valence-corrected chi connectivity index (χ4v) is 4.09. The lowest BCUT2D eigenvalue weighted by Gasteiger charge is -2.36. The van der Waals surface area contributed by atoms with E-state index in [1.165, 1.54) is 7.11 Å². The zero-order valence-electron chi connectivity index (χ0n) is 17.5. The standard InChI is InChI=1S/C22H27N5O3/c1-22(19-11-24-14-25-19,9-15-4-6-16(10-23)7-5-15)26-20(28)17-8-18(21(29)30-3)13-27(2)12-17/h4-7,11,14,17-18H,8-9,12-13H2,1-3H3,(H,24,25)(H,26,28)/t17-,18+,22?/m0/s1. The quantitative estimate of drug-likeness (QED) is 0.701. The Morgan fingerprint density at radius 3 is 2.63 bits per heavy atom. The molecule has 2 aromatic rings. The number of hydrogen-bond donors (Lipinski definition) is 2. The summed E-state index contributed by atoms with van der Waals surface area (Å²) in [5.41, 5.74) is 1.64. The highest BCUT2D eigenvalue weighted by atomic mass is 16.5. The predicted octanol–water partition coefficient (Wildman–Crippen LogP) is 1.60. The Labute approximate surface area is 176 Å². The van der Waals surface area contributed by atoms with Crippen LogP contribution in [0.4, 0.5) is 0 Å². The number of rotatable bonds is 6. The number of hydrogen-bond acceptors (Lipinski definition) is 6.